The molecule has 1 aromatic carbocycles. The maximum absolute atomic E-state index is 12.7. The molecule has 2 rings (SSSR count). The zero-order valence-electron chi connectivity index (χ0n) is 13.1. The molecule has 0 radical (unpaired) electrons. The second-order valence-electron chi connectivity index (χ2n) is 6.09. The Balaban J connectivity index is 2.21. The van der Waals surface area contributed by atoms with Crippen LogP contribution in [0.3, 0.4) is 0 Å². The van der Waals surface area contributed by atoms with Gasteiger partial charge in [0.1, 0.15) is 0 Å². The molecule has 0 aromatic heterocycles. The normalized spacial score (nSPS) is 21.6. The predicted molar refractivity (Wildman–Crippen MR) is 86.0 cm³/mol. The van der Waals surface area contributed by atoms with Gasteiger partial charge in [-0.25, -0.2) is 0 Å². The van der Waals surface area contributed by atoms with Gasteiger partial charge in [-0.05, 0) is 48.9 Å². The van der Waals surface area contributed by atoms with E-state index in [1.807, 2.05) is 30.0 Å². The molecule has 2 unspecified atom stereocenters. The van der Waals surface area contributed by atoms with Crippen LogP contribution in [0.2, 0.25) is 0 Å². The lowest BCUT2D eigenvalue weighted by Crippen LogP contribution is -2.42. The Bertz CT molecular complexity index is 583. The second-order valence-corrected chi connectivity index (χ2v) is 6.09. The number of carbonyl (C=O) groups is 1. The summed E-state index contributed by atoms with van der Waals surface area (Å²) in [7, 11) is 0. The first-order chi connectivity index (χ1) is 10.0. The highest BCUT2D eigenvalue weighted by Crippen LogP contribution is 2.24. The minimum absolute atomic E-state index is 0.119. The van der Waals surface area contributed by atoms with Crippen LogP contribution in [0.25, 0.3) is 0 Å². The summed E-state index contributed by atoms with van der Waals surface area (Å²) >= 11 is 0. The molecule has 1 amide bonds. The predicted octanol–water partition coefficient (Wildman–Crippen LogP) is 2.42. The fourth-order valence-corrected chi connectivity index (χ4v) is 2.76. The lowest BCUT2D eigenvalue weighted by Gasteiger charge is -2.35. The average Bonchev–Trinajstić information content (AvgIpc) is 2.46. The Labute approximate surface area is 127 Å². The first kappa shape index (κ1) is 15.6. The van der Waals surface area contributed by atoms with E-state index in [0.717, 1.165) is 36.2 Å². The fourth-order valence-electron chi connectivity index (χ4n) is 2.76. The molecule has 0 aliphatic carbocycles. The number of rotatable bonds is 1. The number of likely N-dealkylation sites (tertiary alicyclic amines) is 1. The van der Waals surface area contributed by atoms with Crippen LogP contribution in [-0.4, -0.2) is 30.4 Å². The van der Waals surface area contributed by atoms with Crippen molar-refractivity contribution in [1.29, 1.82) is 0 Å². The number of amides is 1. The highest BCUT2D eigenvalue weighted by molar-refractivity contribution is 5.95. The maximum atomic E-state index is 12.7. The molecule has 2 atom stereocenters. The Morgan fingerprint density at radius 2 is 2.10 bits per heavy atom. The monoisotopic (exact) mass is 284 g/mol. The molecule has 1 fully saturated rings. The van der Waals surface area contributed by atoms with Gasteiger partial charge in [0.05, 0.1) is 6.54 Å². The SMILES string of the molecule is Cc1cc(C#CCN)cc(C(=O)N2CCC(C)C(C)C2)c1. The molecule has 0 saturated carbocycles. The zero-order chi connectivity index (χ0) is 15.4. The topological polar surface area (TPSA) is 46.3 Å². The molecule has 21 heavy (non-hydrogen) atoms. The highest BCUT2D eigenvalue weighted by Gasteiger charge is 2.26. The van der Waals surface area contributed by atoms with Crippen LogP contribution < -0.4 is 5.73 Å². The van der Waals surface area contributed by atoms with Crippen molar-refractivity contribution in [3.8, 4) is 11.8 Å². The van der Waals surface area contributed by atoms with E-state index < -0.39 is 0 Å². The molecule has 3 heteroatoms. The van der Waals surface area contributed by atoms with E-state index in [1.165, 1.54) is 0 Å². The number of nitrogens with two attached hydrogens (primary N) is 1. The molecular weight excluding hydrogens is 260 g/mol. The smallest absolute Gasteiger partial charge is 0.253 e. The van der Waals surface area contributed by atoms with Gasteiger partial charge >= 0.3 is 0 Å². The van der Waals surface area contributed by atoms with Gasteiger partial charge in [0.25, 0.3) is 5.91 Å². The van der Waals surface area contributed by atoms with Gasteiger partial charge in [-0.1, -0.05) is 25.7 Å². The van der Waals surface area contributed by atoms with Crippen LogP contribution in [0.5, 0.6) is 0 Å². The van der Waals surface area contributed by atoms with Crippen molar-refractivity contribution in [1.82, 2.24) is 4.90 Å². The van der Waals surface area contributed by atoms with Crippen LogP contribution in [0, 0.1) is 30.6 Å². The Morgan fingerprint density at radius 1 is 1.33 bits per heavy atom. The summed E-state index contributed by atoms with van der Waals surface area (Å²) in [6.07, 6.45) is 1.08. The lowest BCUT2D eigenvalue weighted by atomic mass is 9.88. The van der Waals surface area contributed by atoms with Crippen molar-refractivity contribution in [2.24, 2.45) is 17.6 Å². The van der Waals surface area contributed by atoms with Gasteiger partial charge in [-0.3, -0.25) is 4.79 Å². The summed E-state index contributed by atoms with van der Waals surface area (Å²) in [5.74, 6) is 7.23. The van der Waals surface area contributed by atoms with Gasteiger partial charge in [-0.2, -0.15) is 0 Å². The molecule has 1 aromatic rings. The van der Waals surface area contributed by atoms with Crippen molar-refractivity contribution >= 4 is 5.91 Å². The third kappa shape index (κ3) is 3.86. The summed E-state index contributed by atoms with van der Waals surface area (Å²) < 4.78 is 0. The fraction of sp³-hybridized carbons (Fsp3) is 0.500. The van der Waals surface area contributed by atoms with Crippen molar-refractivity contribution in [2.45, 2.75) is 27.2 Å². The Kier molecular flexibility index (Phi) is 5.03. The summed E-state index contributed by atoms with van der Waals surface area (Å²) in [4.78, 5) is 14.7. The average molecular weight is 284 g/mol. The van der Waals surface area contributed by atoms with Crippen LogP contribution in [0.4, 0.5) is 0 Å². The van der Waals surface area contributed by atoms with Gasteiger partial charge < -0.3 is 10.6 Å². The number of carbonyl (C=O) groups excluding carboxylic acids is 1. The third-order valence-corrected chi connectivity index (χ3v) is 4.28. The van der Waals surface area contributed by atoms with Gasteiger partial charge in [0, 0.05) is 24.2 Å². The van der Waals surface area contributed by atoms with E-state index in [9.17, 15) is 4.79 Å². The lowest BCUT2D eigenvalue weighted by molar-refractivity contribution is 0.0627. The third-order valence-electron chi connectivity index (χ3n) is 4.28. The number of piperidine rings is 1. The van der Waals surface area contributed by atoms with E-state index in [1.54, 1.807) is 0 Å². The number of nitrogens with zero attached hydrogens (tertiary/aromatic N) is 1. The zero-order valence-corrected chi connectivity index (χ0v) is 13.1. The largest absolute Gasteiger partial charge is 0.338 e. The van der Waals surface area contributed by atoms with Crippen molar-refractivity contribution < 1.29 is 4.79 Å². The van der Waals surface area contributed by atoms with Crippen molar-refractivity contribution in [3.05, 3.63) is 34.9 Å². The number of hydrogen-bond donors (Lipinski definition) is 1. The first-order valence-corrected chi connectivity index (χ1v) is 7.61. The van der Waals surface area contributed by atoms with E-state index in [0.29, 0.717) is 18.4 Å². The van der Waals surface area contributed by atoms with Crippen LogP contribution in [0.1, 0.15) is 41.8 Å². The minimum Gasteiger partial charge on any atom is -0.338 e. The van der Waals surface area contributed by atoms with Crippen LogP contribution >= 0.6 is 0 Å². The molecule has 1 saturated heterocycles. The number of aryl methyl sites for hydroxylation is 1. The van der Waals surface area contributed by atoms with E-state index >= 15 is 0 Å². The molecule has 1 heterocycles. The molecule has 3 nitrogen and oxygen atoms in total. The van der Waals surface area contributed by atoms with E-state index in [2.05, 4.69) is 25.7 Å². The van der Waals surface area contributed by atoms with Crippen molar-refractivity contribution in [2.75, 3.05) is 19.6 Å². The maximum Gasteiger partial charge on any atom is 0.253 e. The molecule has 0 spiro atoms. The summed E-state index contributed by atoms with van der Waals surface area (Å²) in [5.41, 5.74) is 8.06. The summed E-state index contributed by atoms with van der Waals surface area (Å²) in [6.45, 7) is 8.50. The molecule has 2 N–H and O–H groups in total. The molecule has 112 valence electrons. The first-order valence-electron chi connectivity index (χ1n) is 7.61. The highest BCUT2D eigenvalue weighted by atomic mass is 16.2. The number of hydrogen-bond acceptors (Lipinski definition) is 2. The van der Waals surface area contributed by atoms with Crippen LogP contribution in [0.15, 0.2) is 18.2 Å². The molecular formula is C18H24N2O. The molecule has 1 aliphatic heterocycles. The van der Waals surface area contributed by atoms with Gasteiger partial charge in [0.2, 0.25) is 0 Å². The van der Waals surface area contributed by atoms with Crippen molar-refractivity contribution in [3.63, 3.8) is 0 Å². The van der Waals surface area contributed by atoms with Crippen LogP contribution in [-0.2, 0) is 0 Å². The minimum atomic E-state index is 0.119. The number of benzene rings is 1. The summed E-state index contributed by atoms with van der Waals surface area (Å²) in [6, 6.07) is 5.81. The Morgan fingerprint density at radius 3 is 2.76 bits per heavy atom. The van der Waals surface area contributed by atoms with E-state index in [4.69, 9.17) is 5.73 Å². The molecule has 1 aliphatic rings. The van der Waals surface area contributed by atoms with Gasteiger partial charge in [-0.15, -0.1) is 0 Å². The standard InChI is InChI=1S/C18H24N2O/c1-13-9-16(5-4-7-19)11-17(10-13)18(21)20-8-6-14(2)15(3)12-20/h9-11,14-15H,6-8,12,19H2,1-3H3. The summed E-state index contributed by atoms with van der Waals surface area (Å²) in [5, 5.41) is 0. The van der Waals surface area contributed by atoms with Gasteiger partial charge in [0.15, 0.2) is 0 Å². The second kappa shape index (κ2) is 6.78. The molecule has 0 bridgehead atoms. The quantitative estimate of drug-likeness (QED) is 0.805. The van der Waals surface area contributed by atoms with E-state index in [-0.39, 0.29) is 5.91 Å². The Hall–Kier alpha value is -1.79.